The van der Waals surface area contributed by atoms with Crippen LogP contribution < -0.4 is 19.1 Å². The number of methoxy groups -OCH3 is 2. The molecule has 4 aromatic carbocycles. The standard InChI is InChI=1S/C44H41ClF2N4O6S/c1-25(30-8-7-19-48-40(30)50(23-26-9-13-28(54-5)14-10-26)24-27-11-15-29(55-6)16-12-27)51-20-21-56-38-32(42(51)52)22-34(47)35(36(38)45)31-17-18-33(46)39-37(31)49-41(58-39)43(53)57-44(2,3)4/h7-19,22,25H,20-21,23-24H2,1-6H3. The predicted molar refractivity (Wildman–Crippen MR) is 220 cm³/mol. The van der Waals surface area contributed by atoms with Crippen LogP contribution in [-0.4, -0.2) is 59.7 Å². The fourth-order valence-electron chi connectivity index (χ4n) is 6.88. The number of anilines is 1. The fourth-order valence-corrected chi connectivity index (χ4v) is 8.10. The monoisotopic (exact) mass is 826 g/mol. The number of pyridine rings is 1. The molecule has 0 saturated heterocycles. The summed E-state index contributed by atoms with van der Waals surface area (Å²) in [5.41, 5.74) is 1.94. The van der Waals surface area contributed by atoms with Gasteiger partial charge in [-0.25, -0.2) is 23.5 Å². The van der Waals surface area contributed by atoms with E-state index >= 15 is 8.78 Å². The fraction of sp³-hybridized carbons (Fsp3) is 0.273. The van der Waals surface area contributed by atoms with Gasteiger partial charge in [-0.1, -0.05) is 41.9 Å². The first-order chi connectivity index (χ1) is 27.8. The normalized spacial score (nSPS) is 13.4. The van der Waals surface area contributed by atoms with Crippen molar-refractivity contribution in [3.63, 3.8) is 0 Å². The average molecular weight is 827 g/mol. The van der Waals surface area contributed by atoms with Crippen LogP contribution in [0.25, 0.3) is 21.3 Å². The number of amides is 1. The van der Waals surface area contributed by atoms with Crippen molar-refractivity contribution in [1.29, 1.82) is 0 Å². The molecule has 0 saturated carbocycles. The molecule has 1 unspecified atom stereocenters. The number of esters is 1. The van der Waals surface area contributed by atoms with Crippen molar-refractivity contribution in [1.82, 2.24) is 14.9 Å². The molecule has 0 bridgehead atoms. The van der Waals surface area contributed by atoms with Crippen molar-refractivity contribution in [2.24, 2.45) is 0 Å². The molecule has 1 aliphatic heterocycles. The largest absolute Gasteiger partial charge is 0.497 e. The zero-order valence-corrected chi connectivity index (χ0v) is 34.3. The van der Waals surface area contributed by atoms with E-state index < -0.39 is 35.2 Å². The van der Waals surface area contributed by atoms with Crippen molar-refractivity contribution >= 4 is 50.8 Å². The number of thiazole rings is 1. The Morgan fingerprint density at radius 2 is 1.59 bits per heavy atom. The van der Waals surface area contributed by atoms with Gasteiger partial charge in [0.15, 0.2) is 5.75 Å². The third-order valence-corrected chi connectivity index (χ3v) is 11.1. The molecular formula is C44H41ClF2N4O6S. The number of halogens is 3. The number of fused-ring (bicyclic) bond motifs is 2. The molecule has 0 fully saturated rings. The summed E-state index contributed by atoms with van der Waals surface area (Å²) in [4.78, 5) is 40.3. The van der Waals surface area contributed by atoms with E-state index in [9.17, 15) is 9.59 Å². The summed E-state index contributed by atoms with van der Waals surface area (Å²) in [7, 11) is 3.24. The Hall–Kier alpha value is -5.79. The summed E-state index contributed by atoms with van der Waals surface area (Å²) < 4.78 is 53.9. The lowest BCUT2D eigenvalue weighted by Gasteiger charge is -2.32. The molecule has 10 nitrogen and oxygen atoms in total. The molecule has 58 heavy (non-hydrogen) atoms. The van der Waals surface area contributed by atoms with Gasteiger partial charge in [0.2, 0.25) is 5.01 Å². The molecule has 1 amide bonds. The zero-order valence-electron chi connectivity index (χ0n) is 32.8. The maximum absolute atomic E-state index is 16.4. The minimum Gasteiger partial charge on any atom is -0.497 e. The summed E-state index contributed by atoms with van der Waals surface area (Å²) in [6, 6.07) is 22.4. The highest BCUT2D eigenvalue weighted by molar-refractivity contribution is 7.20. The average Bonchev–Trinajstić information content (AvgIpc) is 3.60. The van der Waals surface area contributed by atoms with Gasteiger partial charge in [-0.3, -0.25) is 4.79 Å². The van der Waals surface area contributed by atoms with Crippen molar-refractivity contribution in [3.05, 3.63) is 129 Å². The van der Waals surface area contributed by atoms with Crippen LogP contribution in [0.1, 0.15) is 70.6 Å². The number of hydrogen-bond acceptors (Lipinski definition) is 10. The van der Waals surface area contributed by atoms with E-state index in [0.29, 0.717) is 18.9 Å². The van der Waals surface area contributed by atoms with E-state index in [4.69, 9.17) is 35.5 Å². The minimum absolute atomic E-state index is 0.00937. The van der Waals surface area contributed by atoms with Crippen molar-refractivity contribution in [2.45, 2.75) is 52.4 Å². The third-order valence-electron chi connectivity index (χ3n) is 9.68. The van der Waals surface area contributed by atoms with Crippen LogP contribution in [0.5, 0.6) is 17.2 Å². The predicted octanol–water partition coefficient (Wildman–Crippen LogP) is 10.1. The Kier molecular flexibility index (Phi) is 11.6. The van der Waals surface area contributed by atoms with Crippen LogP contribution in [0, 0.1) is 11.6 Å². The second-order valence-electron chi connectivity index (χ2n) is 14.7. The quantitative estimate of drug-likeness (QED) is 0.118. The molecule has 3 heterocycles. The number of aromatic nitrogens is 2. The zero-order chi connectivity index (χ0) is 41.3. The van der Waals surface area contributed by atoms with Crippen molar-refractivity contribution < 1.29 is 37.3 Å². The summed E-state index contributed by atoms with van der Waals surface area (Å²) in [6.45, 7) is 8.19. The van der Waals surface area contributed by atoms with Gasteiger partial charge in [0.1, 0.15) is 41.2 Å². The van der Waals surface area contributed by atoms with E-state index in [-0.39, 0.29) is 55.8 Å². The molecule has 0 radical (unpaired) electrons. The maximum atomic E-state index is 16.4. The van der Waals surface area contributed by atoms with E-state index in [0.717, 1.165) is 51.7 Å². The Balaban J connectivity index is 1.23. The molecule has 0 spiro atoms. The molecule has 0 N–H and O–H groups in total. The maximum Gasteiger partial charge on any atom is 0.368 e. The number of hydrogen-bond donors (Lipinski definition) is 0. The molecule has 7 rings (SSSR count). The van der Waals surface area contributed by atoms with Gasteiger partial charge in [-0.15, -0.1) is 11.3 Å². The van der Waals surface area contributed by atoms with Gasteiger partial charge in [0.05, 0.1) is 47.6 Å². The Morgan fingerprint density at radius 1 is 0.948 bits per heavy atom. The lowest BCUT2D eigenvalue weighted by molar-refractivity contribution is 0.00692. The number of benzene rings is 4. The Morgan fingerprint density at radius 3 is 2.19 bits per heavy atom. The van der Waals surface area contributed by atoms with Crippen LogP contribution >= 0.6 is 22.9 Å². The molecule has 1 aliphatic rings. The van der Waals surface area contributed by atoms with Crippen LogP contribution in [0.2, 0.25) is 5.02 Å². The van der Waals surface area contributed by atoms with Crippen LogP contribution in [-0.2, 0) is 17.8 Å². The van der Waals surface area contributed by atoms with E-state index in [1.165, 1.54) is 6.07 Å². The lowest BCUT2D eigenvalue weighted by Crippen LogP contribution is -2.36. The Bertz CT molecular complexity index is 2440. The smallest absolute Gasteiger partial charge is 0.368 e. The van der Waals surface area contributed by atoms with Gasteiger partial charge in [0.25, 0.3) is 5.91 Å². The Labute approximate surface area is 343 Å². The number of carbonyl (C=O) groups excluding carboxylic acids is 2. The summed E-state index contributed by atoms with van der Waals surface area (Å²) in [5.74, 6) is -0.591. The molecule has 0 aliphatic carbocycles. The van der Waals surface area contributed by atoms with Crippen LogP contribution in [0.15, 0.2) is 85.1 Å². The van der Waals surface area contributed by atoms with Gasteiger partial charge in [-0.2, -0.15) is 0 Å². The number of nitrogens with zero attached hydrogens (tertiary/aromatic N) is 4. The molecular weight excluding hydrogens is 786 g/mol. The van der Waals surface area contributed by atoms with Gasteiger partial charge in [-0.05, 0) is 87.4 Å². The van der Waals surface area contributed by atoms with Crippen molar-refractivity contribution in [3.8, 4) is 28.4 Å². The molecule has 14 heteroatoms. The first-order valence-corrected chi connectivity index (χ1v) is 19.7. The minimum atomic E-state index is -0.845. The van der Waals surface area contributed by atoms with E-state index in [2.05, 4.69) is 9.88 Å². The first kappa shape index (κ1) is 40.4. The lowest BCUT2D eigenvalue weighted by atomic mass is 9.99. The second-order valence-corrected chi connectivity index (χ2v) is 16.1. The van der Waals surface area contributed by atoms with E-state index in [1.54, 1.807) is 46.1 Å². The summed E-state index contributed by atoms with van der Waals surface area (Å²) >= 11 is 7.72. The van der Waals surface area contributed by atoms with E-state index in [1.807, 2.05) is 67.6 Å². The third kappa shape index (κ3) is 8.28. The summed E-state index contributed by atoms with van der Waals surface area (Å²) in [6.07, 6.45) is 1.71. The van der Waals surface area contributed by atoms with Gasteiger partial charge >= 0.3 is 5.97 Å². The number of rotatable bonds is 11. The topological polar surface area (TPSA) is 103 Å². The summed E-state index contributed by atoms with van der Waals surface area (Å²) in [5, 5.41) is -0.273. The van der Waals surface area contributed by atoms with Gasteiger partial charge in [0, 0.05) is 36.0 Å². The SMILES string of the molecule is COc1ccc(CN(Cc2ccc(OC)cc2)c2ncccc2C(C)N2CCOc3c(cc(F)c(-c4ccc(F)c5sc(C(=O)OC(C)(C)C)nc45)c3Cl)C2=O)cc1. The molecule has 6 aromatic rings. The molecule has 2 aromatic heterocycles. The highest BCUT2D eigenvalue weighted by Gasteiger charge is 2.34. The second kappa shape index (κ2) is 16.6. The van der Waals surface area contributed by atoms with Crippen molar-refractivity contribution in [2.75, 3.05) is 32.3 Å². The number of ether oxygens (including phenoxy) is 4. The number of carbonyl (C=O) groups is 2. The van der Waals surface area contributed by atoms with Crippen LogP contribution in [0.3, 0.4) is 0 Å². The highest BCUT2D eigenvalue weighted by atomic mass is 35.5. The highest BCUT2D eigenvalue weighted by Crippen LogP contribution is 2.45. The van der Waals surface area contributed by atoms with Crippen LogP contribution in [0.4, 0.5) is 14.6 Å². The first-order valence-electron chi connectivity index (χ1n) is 18.5. The molecule has 1 atom stereocenters. The molecule has 300 valence electrons. The van der Waals surface area contributed by atoms with Gasteiger partial charge < -0.3 is 28.7 Å².